The highest BCUT2D eigenvalue weighted by atomic mass is 16.3. The standard InChI is InChI=1S/C29H36N2O.C4H9N.C3H4/c1-7-8-9-23-16-24(12-10-18(23)2)21(5)31-25-14-15-29(32)22(6)28(29,17-25)27-19(3)11-13-26(30)20(27)4;5-3-4-1-2-4;1-3-2/h8-13,16,25,31-32H,5-7,14-15,17,30H2,1-4H3;4H,1-3,5H2;1H,2H3/b9-8-;;. The molecule has 3 aliphatic carbocycles. The van der Waals surface area contributed by atoms with Gasteiger partial charge in [0.15, 0.2) is 0 Å². The van der Waals surface area contributed by atoms with Crippen molar-refractivity contribution >= 4 is 17.5 Å². The molecule has 0 amide bonds. The molecule has 0 heterocycles. The van der Waals surface area contributed by atoms with Gasteiger partial charge >= 0.3 is 0 Å². The van der Waals surface area contributed by atoms with E-state index in [0.29, 0.717) is 6.42 Å². The van der Waals surface area contributed by atoms with Crippen LogP contribution in [-0.4, -0.2) is 23.3 Å². The first-order chi connectivity index (χ1) is 19.0. The van der Waals surface area contributed by atoms with Crippen molar-refractivity contribution in [2.75, 3.05) is 12.3 Å². The minimum atomic E-state index is -0.836. The Morgan fingerprint density at radius 3 is 2.40 bits per heavy atom. The van der Waals surface area contributed by atoms with Crippen LogP contribution in [0.4, 0.5) is 5.69 Å². The van der Waals surface area contributed by atoms with Crippen LogP contribution in [0.15, 0.2) is 55.1 Å². The summed E-state index contributed by atoms with van der Waals surface area (Å²) in [6.07, 6.45) is 15.1. The van der Waals surface area contributed by atoms with Crippen molar-refractivity contribution in [1.82, 2.24) is 5.32 Å². The average Bonchev–Trinajstić information content (AvgIpc) is 3.84. The molecule has 0 bridgehead atoms. The molecule has 2 aromatic rings. The van der Waals surface area contributed by atoms with Crippen molar-refractivity contribution in [3.63, 3.8) is 0 Å². The number of rotatable bonds is 7. The fourth-order valence-electron chi connectivity index (χ4n) is 6.12. The minimum Gasteiger partial charge on any atom is -0.399 e. The Morgan fingerprint density at radius 2 is 1.82 bits per heavy atom. The maximum atomic E-state index is 11.5. The molecule has 0 aromatic heterocycles. The van der Waals surface area contributed by atoms with Gasteiger partial charge in [0.2, 0.25) is 0 Å². The van der Waals surface area contributed by atoms with Gasteiger partial charge in [-0.3, -0.25) is 0 Å². The molecule has 3 atom stereocenters. The first-order valence-electron chi connectivity index (χ1n) is 14.6. The number of allylic oxidation sites excluding steroid dienone is 1. The molecule has 4 nitrogen and oxygen atoms in total. The van der Waals surface area contributed by atoms with E-state index in [1.807, 2.05) is 6.07 Å². The Balaban J connectivity index is 0.000000480. The second-order valence-electron chi connectivity index (χ2n) is 11.6. The van der Waals surface area contributed by atoms with E-state index in [2.05, 4.69) is 94.9 Å². The van der Waals surface area contributed by atoms with Crippen LogP contribution in [0.3, 0.4) is 0 Å². The zero-order valence-corrected chi connectivity index (χ0v) is 25.2. The van der Waals surface area contributed by atoms with Gasteiger partial charge in [-0.2, -0.15) is 0 Å². The Kier molecular flexibility index (Phi) is 10.1. The molecule has 3 unspecified atom stereocenters. The second kappa shape index (κ2) is 12.9. The average molecular weight is 540 g/mol. The predicted molar refractivity (Wildman–Crippen MR) is 173 cm³/mol. The molecule has 2 aromatic carbocycles. The topological polar surface area (TPSA) is 84.3 Å². The van der Waals surface area contributed by atoms with E-state index in [4.69, 9.17) is 11.5 Å². The summed E-state index contributed by atoms with van der Waals surface area (Å²) in [5.41, 5.74) is 19.8. The third-order valence-electron chi connectivity index (χ3n) is 8.78. The number of nitrogens with one attached hydrogen (secondary N) is 1. The van der Waals surface area contributed by atoms with Gasteiger partial charge in [-0.05, 0) is 130 Å². The van der Waals surface area contributed by atoms with E-state index in [1.165, 1.54) is 29.5 Å². The van der Waals surface area contributed by atoms with Gasteiger partial charge in [-0.15, -0.1) is 12.3 Å². The van der Waals surface area contributed by atoms with Crippen molar-refractivity contribution in [2.24, 2.45) is 11.7 Å². The van der Waals surface area contributed by atoms with E-state index >= 15 is 0 Å². The number of terminal acetylenes is 1. The summed E-state index contributed by atoms with van der Waals surface area (Å²) in [4.78, 5) is 0. The van der Waals surface area contributed by atoms with Gasteiger partial charge < -0.3 is 21.9 Å². The molecular formula is C36H49N3O. The Labute approximate surface area is 242 Å². The number of benzene rings is 2. The molecule has 214 valence electrons. The lowest BCUT2D eigenvalue weighted by molar-refractivity contribution is 0.0850. The molecule has 4 heteroatoms. The summed E-state index contributed by atoms with van der Waals surface area (Å²) in [5, 5.41) is 15.2. The largest absolute Gasteiger partial charge is 0.399 e. The van der Waals surface area contributed by atoms with Crippen molar-refractivity contribution < 1.29 is 5.11 Å². The van der Waals surface area contributed by atoms with Crippen LogP contribution in [0.1, 0.15) is 85.8 Å². The van der Waals surface area contributed by atoms with E-state index < -0.39 is 11.0 Å². The van der Waals surface area contributed by atoms with E-state index in [1.54, 1.807) is 6.92 Å². The quantitative estimate of drug-likeness (QED) is 0.174. The lowest BCUT2D eigenvalue weighted by Crippen LogP contribution is -2.41. The second-order valence-corrected chi connectivity index (χ2v) is 11.6. The summed E-state index contributed by atoms with van der Waals surface area (Å²) in [7, 11) is 0. The van der Waals surface area contributed by atoms with Gasteiger partial charge in [0, 0.05) is 17.4 Å². The lowest BCUT2D eigenvalue weighted by Gasteiger charge is -2.35. The van der Waals surface area contributed by atoms with E-state index in [-0.39, 0.29) is 6.04 Å². The number of hydrogen-bond donors (Lipinski definition) is 4. The summed E-state index contributed by atoms with van der Waals surface area (Å²) in [6.45, 7) is 19.7. The van der Waals surface area contributed by atoms with Crippen molar-refractivity contribution in [2.45, 2.75) is 90.2 Å². The maximum Gasteiger partial charge on any atom is 0.1000 e. The molecule has 3 aliphatic rings. The van der Waals surface area contributed by atoms with Crippen LogP contribution in [0.5, 0.6) is 0 Å². The molecule has 3 fully saturated rings. The lowest BCUT2D eigenvalue weighted by atomic mass is 9.75. The smallest absolute Gasteiger partial charge is 0.1000 e. The zero-order valence-electron chi connectivity index (χ0n) is 25.2. The number of nitrogen functional groups attached to an aromatic ring is 1. The Bertz CT molecular complexity index is 1310. The minimum absolute atomic E-state index is 0.207. The molecule has 0 saturated heterocycles. The van der Waals surface area contributed by atoms with Crippen molar-refractivity contribution in [3.8, 4) is 12.3 Å². The molecular weight excluding hydrogens is 490 g/mol. The van der Waals surface area contributed by atoms with Crippen LogP contribution < -0.4 is 16.8 Å². The Morgan fingerprint density at radius 1 is 1.18 bits per heavy atom. The number of nitrogens with two attached hydrogens (primary N) is 2. The first-order valence-corrected chi connectivity index (χ1v) is 14.6. The third kappa shape index (κ3) is 6.22. The number of fused-ring (bicyclic) bond motifs is 1. The van der Waals surface area contributed by atoms with Crippen LogP contribution in [0.25, 0.3) is 11.8 Å². The number of aliphatic hydroxyl groups is 1. The molecule has 0 aliphatic heterocycles. The fraction of sp³-hybridized carbons (Fsp3) is 0.444. The first kappa shape index (κ1) is 31.3. The summed E-state index contributed by atoms with van der Waals surface area (Å²) >= 11 is 0. The highest BCUT2D eigenvalue weighted by Gasteiger charge is 2.74. The number of aryl methyl sites for hydroxylation is 2. The summed E-state index contributed by atoms with van der Waals surface area (Å²) in [6, 6.07) is 10.7. The highest BCUT2D eigenvalue weighted by molar-refractivity contribution is 5.70. The van der Waals surface area contributed by atoms with Crippen LogP contribution in [0, 0.1) is 39.0 Å². The number of hydrogen-bond acceptors (Lipinski definition) is 4. The van der Waals surface area contributed by atoms with Crippen molar-refractivity contribution in [1.29, 1.82) is 0 Å². The van der Waals surface area contributed by atoms with Gasteiger partial charge in [0.25, 0.3) is 0 Å². The Hall–Kier alpha value is -3.26. The van der Waals surface area contributed by atoms with Gasteiger partial charge in [0.05, 0.1) is 11.0 Å². The fourth-order valence-corrected chi connectivity index (χ4v) is 6.12. The molecule has 6 N–H and O–H groups in total. The van der Waals surface area contributed by atoms with Gasteiger partial charge in [-0.1, -0.05) is 50.4 Å². The van der Waals surface area contributed by atoms with Crippen LogP contribution in [0.2, 0.25) is 0 Å². The molecule has 3 saturated carbocycles. The van der Waals surface area contributed by atoms with Gasteiger partial charge in [-0.25, -0.2) is 0 Å². The zero-order chi connectivity index (χ0) is 29.7. The highest BCUT2D eigenvalue weighted by Crippen LogP contribution is 2.70. The molecule has 0 spiro atoms. The molecule has 40 heavy (non-hydrogen) atoms. The van der Waals surface area contributed by atoms with E-state index in [9.17, 15) is 5.11 Å². The summed E-state index contributed by atoms with van der Waals surface area (Å²) < 4.78 is 0. The maximum absolute atomic E-state index is 11.5. The SMILES string of the molecule is C#CC.C=C(NC1CCC2(O)C(=C)C2(c2c(C)ccc(N)c2C)C1)c1ccc(C)c(/C=C\CC)c1.NCC1CC1. The van der Waals surface area contributed by atoms with E-state index in [0.717, 1.165) is 65.4 Å². The summed E-state index contributed by atoms with van der Waals surface area (Å²) in [5.74, 6) is 3.16. The predicted octanol–water partition coefficient (Wildman–Crippen LogP) is 6.96. The number of anilines is 1. The third-order valence-corrected chi connectivity index (χ3v) is 8.78. The molecule has 0 radical (unpaired) electrons. The molecule has 5 rings (SSSR count). The normalized spacial score (nSPS) is 24.6. The van der Waals surface area contributed by atoms with Crippen LogP contribution in [-0.2, 0) is 5.41 Å². The monoisotopic (exact) mass is 539 g/mol. The van der Waals surface area contributed by atoms with Crippen LogP contribution >= 0.6 is 0 Å². The van der Waals surface area contributed by atoms with Gasteiger partial charge in [0.1, 0.15) is 0 Å². The van der Waals surface area contributed by atoms with Crippen molar-refractivity contribution in [3.05, 3.63) is 88.5 Å².